The van der Waals surface area contributed by atoms with E-state index < -0.39 is 6.10 Å². The Morgan fingerprint density at radius 3 is 2.70 bits per heavy atom. The van der Waals surface area contributed by atoms with Crippen LogP contribution in [0.15, 0.2) is 42.7 Å². The monoisotopic (exact) mass is 370 g/mol. The molecule has 0 unspecified atom stereocenters. The SMILES string of the molecule is CCn1cc(CNC(=O)N(C[C@@H](O)c2ccccc2)C2CCCCC2)cn1. The molecule has 0 aliphatic heterocycles. The van der Waals surface area contributed by atoms with Crippen LogP contribution in [0.2, 0.25) is 0 Å². The lowest BCUT2D eigenvalue weighted by molar-refractivity contribution is 0.0900. The van der Waals surface area contributed by atoms with Crippen LogP contribution in [0.3, 0.4) is 0 Å². The number of carbonyl (C=O) groups is 1. The van der Waals surface area contributed by atoms with Crippen LogP contribution in [0.5, 0.6) is 0 Å². The molecule has 2 amide bonds. The number of amides is 2. The molecule has 1 aliphatic rings. The molecule has 0 spiro atoms. The highest BCUT2D eigenvalue weighted by molar-refractivity contribution is 5.74. The second-order valence-corrected chi connectivity index (χ2v) is 7.23. The third-order valence-corrected chi connectivity index (χ3v) is 5.28. The first-order valence-corrected chi connectivity index (χ1v) is 9.96. The number of nitrogens with zero attached hydrogens (tertiary/aromatic N) is 3. The maximum absolute atomic E-state index is 12.9. The minimum atomic E-state index is -0.679. The van der Waals surface area contributed by atoms with E-state index in [1.807, 2.05) is 53.0 Å². The molecule has 1 heterocycles. The average molecular weight is 370 g/mol. The zero-order valence-electron chi connectivity index (χ0n) is 16.1. The third-order valence-electron chi connectivity index (χ3n) is 5.28. The van der Waals surface area contributed by atoms with Crippen LogP contribution in [0, 0.1) is 0 Å². The maximum Gasteiger partial charge on any atom is 0.318 e. The normalized spacial score (nSPS) is 16.1. The van der Waals surface area contributed by atoms with Gasteiger partial charge in [-0.25, -0.2) is 4.79 Å². The number of aliphatic hydroxyl groups is 1. The van der Waals surface area contributed by atoms with Crippen molar-refractivity contribution in [2.24, 2.45) is 0 Å². The molecule has 2 N–H and O–H groups in total. The van der Waals surface area contributed by atoms with E-state index in [-0.39, 0.29) is 12.1 Å². The Morgan fingerprint density at radius 2 is 2.04 bits per heavy atom. The average Bonchev–Trinajstić information content (AvgIpc) is 3.19. The number of aromatic nitrogens is 2. The summed E-state index contributed by atoms with van der Waals surface area (Å²) in [6.07, 6.45) is 8.56. The predicted molar refractivity (Wildman–Crippen MR) is 105 cm³/mol. The fourth-order valence-electron chi connectivity index (χ4n) is 3.71. The lowest BCUT2D eigenvalue weighted by atomic mass is 9.94. The van der Waals surface area contributed by atoms with Crippen LogP contribution in [-0.4, -0.2) is 38.4 Å². The van der Waals surface area contributed by atoms with Crippen molar-refractivity contribution in [3.63, 3.8) is 0 Å². The van der Waals surface area contributed by atoms with Gasteiger partial charge in [0.2, 0.25) is 0 Å². The summed E-state index contributed by atoms with van der Waals surface area (Å²) in [5, 5.41) is 17.9. The lowest BCUT2D eigenvalue weighted by Crippen LogP contribution is -2.48. The van der Waals surface area contributed by atoms with Crippen molar-refractivity contribution in [2.75, 3.05) is 6.54 Å². The van der Waals surface area contributed by atoms with E-state index in [9.17, 15) is 9.90 Å². The van der Waals surface area contributed by atoms with Gasteiger partial charge < -0.3 is 15.3 Å². The van der Waals surface area contributed by atoms with Gasteiger partial charge in [-0.05, 0) is 25.3 Å². The summed E-state index contributed by atoms with van der Waals surface area (Å²) < 4.78 is 1.85. The van der Waals surface area contributed by atoms with Gasteiger partial charge in [0.15, 0.2) is 0 Å². The van der Waals surface area contributed by atoms with Crippen LogP contribution >= 0.6 is 0 Å². The Morgan fingerprint density at radius 1 is 1.30 bits per heavy atom. The standard InChI is InChI=1S/C21H30N4O2/c1-2-24-15-17(14-23-24)13-22-21(27)25(19-11-7-4-8-12-19)16-20(26)18-9-5-3-6-10-18/h3,5-6,9-10,14-15,19-20,26H,2,4,7-8,11-13,16H2,1H3,(H,22,27)/t20-/m1/s1. The van der Waals surface area contributed by atoms with Crippen LogP contribution < -0.4 is 5.32 Å². The lowest BCUT2D eigenvalue weighted by Gasteiger charge is -2.35. The maximum atomic E-state index is 12.9. The van der Waals surface area contributed by atoms with Gasteiger partial charge in [0.1, 0.15) is 0 Å². The summed E-state index contributed by atoms with van der Waals surface area (Å²) >= 11 is 0. The van der Waals surface area contributed by atoms with Gasteiger partial charge in [0, 0.05) is 30.9 Å². The fraction of sp³-hybridized carbons (Fsp3) is 0.524. The molecule has 3 rings (SSSR count). The molecular weight excluding hydrogens is 340 g/mol. The molecular formula is C21H30N4O2. The van der Waals surface area contributed by atoms with Crippen molar-refractivity contribution in [1.82, 2.24) is 20.0 Å². The van der Waals surface area contributed by atoms with Crippen LogP contribution in [0.4, 0.5) is 4.79 Å². The Kier molecular flexibility index (Phi) is 6.87. The molecule has 1 saturated carbocycles. The third kappa shape index (κ3) is 5.32. The molecule has 6 heteroatoms. The predicted octanol–water partition coefficient (Wildman–Crippen LogP) is 3.48. The molecule has 0 radical (unpaired) electrons. The minimum absolute atomic E-state index is 0.110. The van der Waals surface area contributed by atoms with Crippen LogP contribution in [0.25, 0.3) is 0 Å². The van der Waals surface area contributed by atoms with E-state index in [1.165, 1.54) is 6.42 Å². The van der Waals surface area contributed by atoms with Crippen molar-refractivity contribution in [2.45, 2.75) is 64.3 Å². The Bertz CT molecular complexity index is 710. The summed E-state index contributed by atoms with van der Waals surface area (Å²) in [6.45, 7) is 3.61. The number of carbonyl (C=O) groups excluding carboxylic acids is 1. The first-order chi connectivity index (χ1) is 13.2. The first-order valence-electron chi connectivity index (χ1n) is 9.96. The van der Waals surface area contributed by atoms with Gasteiger partial charge >= 0.3 is 6.03 Å². The second kappa shape index (κ2) is 9.55. The second-order valence-electron chi connectivity index (χ2n) is 7.23. The van der Waals surface area contributed by atoms with Crippen molar-refractivity contribution in [1.29, 1.82) is 0 Å². The molecule has 6 nitrogen and oxygen atoms in total. The summed E-state index contributed by atoms with van der Waals surface area (Å²) in [6, 6.07) is 9.64. The van der Waals surface area contributed by atoms with Crippen molar-refractivity contribution >= 4 is 6.03 Å². The first kappa shape index (κ1) is 19.4. The Balaban J connectivity index is 1.65. The summed E-state index contributed by atoms with van der Waals surface area (Å²) in [4.78, 5) is 14.8. The zero-order valence-corrected chi connectivity index (χ0v) is 16.1. The van der Waals surface area contributed by atoms with Crippen molar-refractivity contribution in [3.05, 3.63) is 53.9 Å². The fourth-order valence-corrected chi connectivity index (χ4v) is 3.71. The molecule has 146 valence electrons. The van der Waals surface area contributed by atoms with Crippen molar-refractivity contribution < 1.29 is 9.90 Å². The molecule has 1 aromatic carbocycles. The molecule has 1 aromatic heterocycles. The molecule has 0 saturated heterocycles. The molecule has 1 atom stereocenters. The number of rotatable bonds is 7. The summed E-state index contributed by atoms with van der Waals surface area (Å²) in [5.74, 6) is 0. The molecule has 1 fully saturated rings. The zero-order chi connectivity index (χ0) is 19.1. The van der Waals surface area contributed by atoms with Gasteiger partial charge in [-0.2, -0.15) is 5.10 Å². The number of hydrogen-bond donors (Lipinski definition) is 2. The highest BCUT2D eigenvalue weighted by atomic mass is 16.3. The number of urea groups is 1. The van der Waals surface area contributed by atoms with E-state index in [0.29, 0.717) is 13.1 Å². The highest BCUT2D eigenvalue weighted by Crippen LogP contribution is 2.25. The van der Waals surface area contributed by atoms with E-state index in [4.69, 9.17) is 0 Å². The van der Waals surface area contributed by atoms with E-state index in [1.54, 1.807) is 6.20 Å². The van der Waals surface area contributed by atoms with Gasteiger partial charge in [-0.15, -0.1) is 0 Å². The van der Waals surface area contributed by atoms with Crippen LogP contribution in [-0.2, 0) is 13.1 Å². The van der Waals surface area contributed by atoms with Gasteiger partial charge in [0.25, 0.3) is 0 Å². The number of hydrogen-bond acceptors (Lipinski definition) is 3. The van der Waals surface area contributed by atoms with E-state index >= 15 is 0 Å². The smallest absolute Gasteiger partial charge is 0.318 e. The highest BCUT2D eigenvalue weighted by Gasteiger charge is 2.27. The quantitative estimate of drug-likeness (QED) is 0.784. The number of aryl methyl sites for hydroxylation is 1. The van der Waals surface area contributed by atoms with Gasteiger partial charge in [-0.1, -0.05) is 49.6 Å². The Labute approximate surface area is 161 Å². The van der Waals surface area contributed by atoms with E-state index in [2.05, 4.69) is 10.4 Å². The van der Waals surface area contributed by atoms with Gasteiger partial charge in [-0.3, -0.25) is 4.68 Å². The number of nitrogens with one attached hydrogen (secondary N) is 1. The summed E-state index contributed by atoms with van der Waals surface area (Å²) in [5.41, 5.74) is 1.83. The molecule has 1 aliphatic carbocycles. The summed E-state index contributed by atoms with van der Waals surface area (Å²) in [7, 11) is 0. The largest absolute Gasteiger partial charge is 0.387 e. The minimum Gasteiger partial charge on any atom is -0.387 e. The van der Waals surface area contributed by atoms with Gasteiger partial charge in [0.05, 0.1) is 18.8 Å². The molecule has 27 heavy (non-hydrogen) atoms. The topological polar surface area (TPSA) is 70.4 Å². The molecule has 2 aromatic rings. The molecule has 0 bridgehead atoms. The number of benzene rings is 1. The van der Waals surface area contributed by atoms with E-state index in [0.717, 1.165) is 43.4 Å². The van der Waals surface area contributed by atoms with Crippen LogP contribution in [0.1, 0.15) is 56.3 Å². The van der Waals surface area contributed by atoms with Crippen molar-refractivity contribution in [3.8, 4) is 0 Å². The number of aliphatic hydroxyl groups excluding tert-OH is 1. The Hall–Kier alpha value is -2.34.